The maximum Gasteiger partial charge on any atom is 0.338 e. The molecule has 0 fully saturated rings. The lowest BCUT2D eigenvalue weighted by atomic mass is 9.93. The topological polar surface area (TPSA) is 159 Å². The van der Waals surface area contributed by atoms with Gasteiger partial charge in [-0.2, -0.15) is 0 Å². The Morgan fingerprint density at radius 1 is 1.22 bits per heavy atom. The van der Waals surface area contributed by atoms with Crippen molar-refractivity contribution in [2.45, 2.75) is 49.7 Å². The van der Waals surface area contributed by atoms with Gasteiger partial charge in [-0.3, -0.25) is 24.3 Å². The first-order valence-corrected chi connectivity index (χ1v) is 16.6. The average Bonchev–Trinajstić information content (AvgIpc) is 3.31. The van der Waals surface area contributed by atoms with E-state index >= 15 is 0 Å². The number of fused-ring (bicyclic) bond motifs is 1. The van der Waals surface area contributed by atoms with Gasteiger partial charge in [0.1, 0.15) is 11.8 Å². The van der Waals surface area contributed by atoms with E-state index in [0.717, 1.165) is 23.1 Å². The molecule has 2 aromatic heterocycles. The van der Waals surface area contributed by atoms with Crippen molar-refractivity contribution in [3.05, 3.63) is 115 Å². The number of nitro groups is 1. The molecule has 0 radical (unpaired) electrons. The van der Waals surface area contributed by atoms with Crippen LogP contribution in [0.3, 0.4) is 0 Å². The number of carbonyl (C=O) groups is 1. The predicted molar refractivity (Wildman–Crippen MR) is 177 cm³/mol. The smallest absolute Gasteiger partial charge is 0.338 e. The summed E-state index contributed by atoms with van der Waals surface area (Å²) in [5.74, 6) is -0.132. The number of allylic oxidation sites excluding steroid dienone is 1. The van der Waals surface area contributed by atoms with E-state index in [0.29, 0.717) is 60.4 Å². The number of hydrogen-bond donors (Lipinski definition) is 1. The van der Waals surface area contributed by atoms with Gasteiger partial charge in [0.2, 0.25) is 0 Å². The third-order valence-electron chi connectivity index (χ3n) is 6.92. The van der Waals surface area contributed by atoms with Gasteiger partial charge < -0.3 is 14.5 Å². The highest BCUT2D eigenvalue weighted by molar-refractivity contribution is 9.10. The number of non-ortho nitro benzene ring substituents is 1. The van der Waals surface area contributed by atoms with Crippen LogP contribution in [0, 0.1) is 17.0 Å². The van der Waals surface area contributed by atoms with E-state index in [4.69, 9.17) is 14.5 Å². The van der Waals surface area contributed by atoms with E-state index in [2.05, 4.69) is 25.9 Å². The first-order chi connectivity index (χ1) is 22.0. The summed E-state index contributed by atoms with van der Waals surface area (Å²) in [6, 6.07) is 10.0. The van der Waals surface area contributed by atoms with Crippen molar-refractivity contribution in [2.24, 2.45) is 4.99 Å². The van der Waals surface area contributed by atoms with E-state index in [1.807, 2.05) is 6.92 Å². The standard InChI is InChI=1S/C31H28BrN5O7S2/c1-5-7-21-26(29(40)44-6-2)27(20-15-18(32)8-10-22(20)43-4)36-28(39)24(46-31(36)34-21)14-17-13-19(37(41)42)9-11-23(17)45-30-33-16(3)12-25(38)35-30/h8-15,27H,5-7H2,1-4H3,(H,33,35,38)/b24-14-/t27-/m1/s1. The molecule has 4 aromatic rings. The number of nitro benzene ring substituents is 1. The number of nitrogens with one attached hydrogen (secondary N) is 1. The summed E-state index contributed by atoms with van der Waals surface area (Å²) in [7, 11) is 1.51. The Morgan fingerprint density at radius 2 is 2.00 bits per heavy atom. The Balaban J connectivity index is 1.78. The van der Waals surface area contributed by atoms with Crippen molar-refractivity contribution in [3.8, 4) is 5.75 Å². The van der Waals surface area contributed by atoms with Crippen LogP contribution in [0.25, 0.3) is 6.08 Å². The van der Waals surface area contributed by atoms with Gasteiger partial charge in [0.25, 0.3) is 16.8 Å². The number of carbonyl (C=O) groups excluding carboxylic acids is 1. The number of methoxy groups -OCH3 is 1. The van der Waals surface area contributed by atoms with Crippen LogP contribution >= 0.6 is 39.0 Å². The predicted octanol–water partition coefficient (Wildman–Crippen LogP) is 4.80. The highest BCUT2D eigenvalue weighted by Crippen LogP contribution is 2.38. The molecule has 15 heteroatoms. The summed E-state index contributed by atoms with van der Waals surface area (Å²) >= 11 is 5.71. The van der Waals surface area contributed by atoms with Crippen LogP contribution in [0.4, 0.5) is 5.69 Å². The molecule has 1 atom stereocenters. The second-order valence-corrected chi connectivity index (χ2v) is 13.0. The van der Waals surface area contributed by atoms with Gasteiger partial charge >= 0.3 is 5.97 Å². The second kappa shape index (κ2) is 14.0. The third kappa shape index (κ3) is 6.76. The zero-order valence-corrected chi connectivity index (χ0v) is 28.4. The summed E-state index contributed by atoms with van der Waals surface area (Å²) in [5.41, 5.74) is 1.18. The summed E-state index contributed by atoms with van der Waals surface area (Å²) in [4.78, 5) is 63.8. The van der Waals surface area contributed by atoms with Crippen molar-refractivity contribution in [1.82, 2.24) is 14.5 Å². The van der Waals surface area contributed by atoms with Crippen LogP contribution in [0.15, 0.2) is 82.8 Å². The number of nitrogens with zero attached hydrogens (tertiary/aromatic N) is 4. The lowest BCUT2D eigenvalue weighted by Crippen LogP contribution is -2.40. The molecule has 46 heavy (non-hydrogen) atoms. The molecule has 0 unspecified atom stereocenters. The van der Waals surface area contributed by atoms with Crippen LogP contribution in [0.5, 0.6) is 5.75 Å². The summed E-state index contributed by atoms with van der Waals surface area (Å²) in [6.45, 7) is 5.49. The molecular weight excluding hydrogens is 698 g/mol. The Bertz CT molecular complexity index is 2140. The van der Waals surface area contributed by atoms with E-state index in [1.54, 1.807) is 44.2 Å². The van der Waals surface area contributed by atoms with Crippen LogP contribution < -0.4 is 25.2 Å². The van der Waals surface area contributed by atoms with Crippen molar-refractivity contribution in [3.63, 3.8) is 0 Å². The minimum atomic E-state index is -0.924. The van der Waals surface area contributed by atoms with E-state index < -0.39 is 22.5 Å². The minimum absolute atomic E-state index is 0.128. The lowest BCUT2D eigenvalue weighted by molar-refractivity contribution is -0.384. The summed E-state index contributed by atoms with van der Waals surface area (Å²) in [5, 5.41) is 12.0. The van der Waals surface area contributed by atoms with E-state index in [-0.39, 0.29) is 28.0 Å². The fourth-order valence-corrected chi connectivity index (χ4v) is 7.35. The number of thiazole rings is 1. The number of aromatic nitrogens is 3. The van der Waals surface area contributed by atoms with Crippen molar-refractivity contribution in [2.75, 3.05) is 13.7 Å². The van der Waals surface area contributed by atoms with E-state index in [1.165, 1.54) is 29.9 Å². The highest BCUT2D eigenvalue weighted by atomic mass is 79.9. The fraction of sp³-hybridized carbons (Fsp3) is 0.258. The number of aromatic amines is 1. The first-order valence-electron chi connectivity index (χ1n) is 14.1. The number of hydrogen-bond acceptors (Lipinski definition) is 11. The fourth-order valence-electron chi connectivity index (χ4n) is 5.03. The molecule has 2 aromatic carbocycles. The Morgan fingerprint density at radius 3 is 2.67 bits per heavy atom. The van der Waals surface area contributed by atoms with Crippen LogP contribution in [0.2, 0.25) is 0 Å². The maximum atomic E-state index is 14.3. The lowest BCUT2D eigenvalue weighted by Gasteiger charge is -2.27. The largest absolute Gasteiger partial charge is 0.496 e. The summed E-state index contributed by atoms with van der Waals surface area (Å²) in [6.07, 6.45) is 2.69. The summed E-state index contributed by atoms with van der Waals surface area (Å²) < 4.78 is 13.5. The zero-order chi connectivity index (χ0) is 33.1. The normalized spacial score (nSPS) is 14.5. The van der Waals surface area contributed by atoms with Gasteiger partial charge in [0, 0.05) is 38.8 Å². The number of esters is 1. The first kappa shape index (κ1) is 33.0. The van der Waals surface area contributed by atoms with Gasteiger partial charge in [-0.05, 0) is 56.2 Å². The van der Waals surface area contributed by atoms with Gasteiger partial charge in [0.15, 0.2) is 9.96 Å². The zero-order valence-electron chi connectivity index (χ0n) is 25.2. The molecule has 1 aliphatic rings. The minimum Gasteiger partial charge on any atom is -0.496 e. The second-order valence-electron chi connectivity index (χ2n) is 10.1. The molecule has 1 aliphatic heterocycles. The number of halogens is 1. The number of benzene rings is 2. The molecule has 0 aliphatic carbocycles. The third-order valence-corrected chi connectivity index (χ3v) is 9.38. The molecule has 238 valence electrons. The SMILES string of the molecule is CCCC1=C(C(=O)OCC)[C@@H](c2cc(Br)ccc2OC)n2c(s/c(=C\c3cc([N+](=O)[O-])ccc3Sc3nc(C)cc(=O)[nH]3)c2=O)=N1. The Labute approximate surface area is 278 Å². The average molecular weight is 727 g/mol. The van der Waals surface area contributed by atoms with Crippen molar-refractivity contribution in [1.29, 1.82) is 0 Å². The molecule has 5 rings (SSSR count). The van der Waals surface area contributed by atoms with Crippen molar-refractivity contribution < 1.29 is 19.2 Å². The maximum absolute atomic E-state index is 14.3. The Kier molecular flexibility index (Phi) is 10.0. The van der Waals surface area contributed by atoms with Crippen molar-refractivity contribution >= 4 is 56.8 Å². The van der Waals surface area contributed by atoms with Gasteiger partial charge in [-0.1, -0.05) is 52.4 Å². The highest BCUT2D eigenvalue weighted by Gasteiger charge is 2.36. The molecule has 0 saturated heterocycles. The van der Waals surface area contributed by atoms with Crippen LogP contribution in [-0.2, 0) is 9.53 Å². The molecule has 3 heterocycles. The molecule has 0 bridgehead atoms. The van der Waals surface area contributed by atoms with Gasteiger partial charge in [-0.25, -0.2) is 14.8 Å². The number of ether oxygens (including phenoxy) is 2. The number of H-pyrrole nitrogens is 1. The monoisotopic (exact) mass is 725 g/mol. The molecular formula is C31H28BrN5O7S2. The quantitative estimate of drug-likeness (QED) is 0.105. The van der Waals surface area contributed by atoms with Gasteiger partial charge in [0.05, 0.1) is 34.4 Å². The van der Waals surface area contributed by atoms with Crippen LogP contribution in [-0.4, -0.2) is 39.1 Å². The van der Waals surface area contributed by atoms with E-state index in [9.17, 15) is 24.5 Å². The molecule has 0 saturated carbocycles. The molecule has 1 N–H and O–H groups in total. The Hall–Kier alpha value is -4.34. The van der Waals surface area contributed by atoms with Gasteiger partial charge in [-0.15, -0.1) is 0 Å². The molecule has 12 nitrogen and oxygen atoms in total. The molecule has 0 spiro atoms. The van der Waals surface area contributed by atoms with Crippen LogP contribution in [0.1, 0.15) is 49.6 Å². The number of rotatable bonds is 10. The number of aryl methyl sites for hydroxylation is 1. The molecule has 0 amide bonds.